The Labute approximate surface area is 215 Å². The van der Waals surface area contributed by atoms with E-state index in [1.165, 1.54) is 6.07 Å². The number of hydrogen-bond donors (Lipinski definition) is 1. The number of nitrogens with zero attached hydrogens (tertiary/aromatic N) is 1. The second-order valence-corrected chi connectivity index (χ2v) is 9.42. The molecule has 2 saturated heterocycles. The van der Waals surface area contributed by atoms with E-state index in [0.717, 1.165) is 16.9 Å². The van der Waals surface area contributed by atoms with Crippen molar-refractivity contribution in [1.29, 1.82) is 0 Å². The molecule has 2 aliphatic heterocycles. The Bertz CT molecular complexity index is 1310. The number of hydrogen-bond acceptors (Lipinski definition) is 7. The van der Waals surface area contributed by atoms with E-state index in [9.17, 15) is 14.7 Å². The van der Waals surface area contributed by atoms with E-state index in [4.69, 9.17) is 18.9 Å². The highest BCUT2D eigenvalue weighted by molar-refractivity contribution is 6.02. The van der Waals surface area contributed by atoms with E-state index < -0.39 is 24.8 Å². The van der Waals surface area contributed by atoms with Crippen LogP contribution in [0.3, 0.4) is 0 Å². The third-order valence-electron chi connectivity index (χ3n) is 6.72. The number of benzene rings is 3. The Morgan fingerprint density at radius 3 is 2.05 bits per heavy atom. The highest BCUT2D eigenvalue weighted by atomic mass is 16.9. The molecule has 3 aromatic rings. The van der Waals surface area contributed by atoms with Crippen LogP contribution in [-0.2, 0) is 20.6 Å². The van der Waals surface area contributed by atoms with Crippen LogP contribution in [0.15, 0.2) is 60.7 Å². The average Bonchev–Trinajstić information content (AvgIpc) is 2.86. The summed E-state index contributed by atoms with van der Waals surface area (Å²) >= 11 is 0. The molecule has 0 bridgehead atoms. The molecule has 0 radical (unpaired) electrons. The molecule has 0 amide bonds. The quantitative estimate of drug-likeness (QED) is 0.397. The molecule has 5 rings (SSSR count). The largest absolute Gasteiger partial charge is 0.478 e. The first-order valence-corrected chi connectivity index (χ1v) is 12.2. The molecular formula is C29H29NO7. The predicted octanol–water partition coefficient (Wildman–Crippen LogP) is 5.61. The van der Waals surface area contributed by atoms with Crippen molar-refractivity contribution in [2.45, 2.75) is 52.2 Å². The Hall–Kier alpha value is -3.56. The highest BCUT2D eigenvalue weighted by Gasteiger charge is 2.39. The standard InChI is InChI=1S/C29H29NO7/c1-16-5-9-20(10-6-16)37-21-11-7-19(8-12-21)13-26(31)22-14-24(28(32)33)23(27-30(4)17(2)34-27)15-25(22)29-35-18(3)36-29/h5-12,14-15,17-18,27,29H,13H2,1-4H3,(H,32,33)/t17-,18?,27?,29?/m1/s1. The molecule has 2 fully saturated rings. The first-order valence-electron chi connectivity index (χ1n) is 12.2. The maximum atomic E-state index is 13.4. The minimum atomic E-state index is -1.13. The molecule has 1 N–H and O–H groups in total. The molecular weight excluding hydrogens is 474 g/mol. The number of aromatic carboxylic acids is 1. The molecule has 2 aliphatic rings. The third kappa shape index (κ3) is 5.14. The summed E-state index contributed by atoms with van der Waals surface area (Å²) in [6.07, 6.45) is -1.73. The molecule has 0 aromatic heterocycles. The van der Waals surface area contributed by atoms with Crippen LogP contribution in [0.5, 0.6) is 11.5 Å². The Morgan fingerprint density at radius 1 is 0.892 bits per heavy atom. The molecule has 8 nitrogen and oxygen atoms in total. The fourth-order valence-corrected chi connectivity index (χ4v) is 4.46. The van der Waals surface area contributed by atoms with Gasteiger partial charge in [0, 0.05) is 23.1 Å². The van der Waals surface area contributed by atoms with Gasteiger partial charge in [0.15, 0.2) is 18.4 Å². The number of carbonyl (C=O) groups excluding carboxylic acids is 1. The van der Waals surface area contributed by atoms with Gasteiger partial charge in [-0.15, -0.1) is 0 Å². The molecule has 1 unspecified atom stereocenters. The third-order valence-corrected chi connectivity index (χ3v) is 6.72. The predicted molar refractivity (Wildman–Crippen MR) is 135 cm³/mol. The lowest BCUT2D eigenvalue weighted by Crippen LogP contribution is -2.48. The maximum Gasteiger partial charge on any atom is 0.336 e. The van der Waals surface area contributed by atoms with Crippen LogP contribution >= 0.6 is 0 Å². The van der Waals surface area contributed by atoms with Gasteiger partial charge in [0.05, 0.1) is 5.56 Å². The average molecular weight is 504 g/mol. The first-order chi connectivity index (χ1) is 17.7. The number of ketones is 1. The molecule has 0 aliphatic carbocycles. The van der Waals surface area contributed by atoms with Crippen LogP contribution in [0.2, 0.25) is 0 Å². The fraction of sp³-hybridized carbons (Fsp3) is 0.310. The SMILES string of the molecule is Cc1ccc(Oc2ccc(CC(=O)c3cc(C(=O)O)c(C4O[C@H](C)N4C)cc3C3OC(C)O3)cc2)cc1. The zero-order chi connectivity index (χ0) is 26.3. The van der Waals surface area contributed by atoms with Crippen molar-refractivity contribution in [2.75, 3.05) is 7.05 Å². The summed E-state index contributed by atoms with van der Waals surface area (Å²) in [5, 5.41) is 9.93. The van der Waals surface area contributed by atoms with E-state index in [1.807, 2.05) is 62.2 Å². The van der Waals surface area contributed by atoms with Crippen LogP contribution in [0, 0.1) is 6.92 Å². The molecule has 2 atom stereocenters. The van der Waals surface area contributed by atoms with Crippen molar-refractivity contribution in [3.8, 4) is 11.5 Å². The summed E-state index contributed by atoms with van der Waals surface area (Å²) in [6, 6.07) is 18.1. The van der Waals surface area contributed by atoms with Gasteiger partial charge in [0.25, 0.3) is 0 Å². The van der Waals surface area contributed by atoms with E-state index in [1.54, 1.807) is 25.1 Å². The van der Waals surface area contributed by atoms with E-state index in [2.05, 4.69) is 0 Å². The van der Waals surface area contributed by atoms with Crippen molar-refractivity contribution in [2.24, 2.45) is 0 Å². The van der Waals surface area contributed by atoms with Crippen molar-refractivity contribution < 1.29 is 33.6 Å². The highest BCUT2D eigenvalue weighted by Crippen LogP contribution is 2.41. The van der Waals surface area contributed by atoms with Gasteiger partial charge in [-0.1, -0.05) is 29.8 Å². The summed E-state index contributed by atoms with van der Waals surface area (Å²) in [5.41, 5.74) is 3.16. The lowest BCUT2D eigenvalue weighted by molar-refractivity contribution is -0.382. The smallest absolute Gasteiger partial charge is 0.336 e. The first kappa shape index (κ1) is 25.1. The normalized spacial score (nSPS) is 23.1. The number of carboxylic acid groups (broad SMARTS) is 1. The lowest BCUT2D eigenvalue weighted by Gasteiger charge is -2.45. The molecule has 3 aromatic carbocycles. The number of carbonyl (C=O) groups is 2. The molecule has 8 heteroatoms. The van der Waals surface area contributed by atoms with E-state index >= 15 is 0 Å². The van der Waals surface area contributed by atoms with Crippen LogP contribution in [0.4, 0.5) is 0 Å². The van der Waals surface area contributed by atoms with Gasteiger partial charge >= 0.3 is 5.97 Å². The Morgan fingerprint density at radius 2 is 1.51 bits per heavy atom. The Balaban J connectivity index is 1.40. The van der Waals surface area contributed by atoms with Crippen molar-refractivity contribution in [1.82, 2.24) is 4.90 Å². The van der Waals surface area contributed by atoms with Crippen LogP contribution in [-0.4, -0.2) is 41.3 Å². The van der Waals surface area contributed by atoms with Gasteiger partial charge in [0.1, 0.15) is 24.0 Å². The molecule has 0 saturated carbocycles. The molecule has 192 valence electrons. The van der Waals surface area contributed by atoms with Crippen molar-refractivity contribution in [3.05, 3.63) is 94.0 Å². The minimum absolute atomic E-state index is 0.0186. The summed E-state index contributed by atoms with van der Waals surface area (Å²) in [5.74, 6) is 0.0146. The monoisotopic (exact) mass is 503 g/mol. The summed E-state index contributed by atoms with van der Waals surface area (Å²) in [4.78, 5) is 27.5. The fourth-order valence-electron chi connectivity index (χ4n) is 4.46. The van der Waals surface area contributed by atoms with Gasteiger partial charge < -0.3 is 24.1 Å². The Kier molecular flexibility index (Phi) is 6.83. The summed E-state index contributed by atoms with van der Waals surface area (Å²) in [6.45, 7) is 5.65. The van der Waals surface area contributed by atoms with Gasteiger partial charge in [-0.25, -0.2) is 4.79 Å². The van der Waals surface area contributed by atoms with Gasteiger partial charge in [0.2, 0.25) is 0 Å². The minimum Gasteiger partial charge on any atom is -0.478 e. The second-order valence-electron chi connectivity index (χ2n) is 9.42. The van der Waals surface area contributed by atoms with Gasteiger partial charge in [-0.05, 0) is 69.8 Å². The zero-order valence-electron chi connectivity index (χ0n) is 21.1. The zero-order valence-corrected chi connectivity index (χ0v) is 21.1. The number of ether oxygens (including phenoxy) is 4. The van der Waals surface area contributed by atoms with E-state index in [-0.39, 0.29) is 29.6 Å². The number of rotatable bonds is 8. The molecule has 0 spiro atoms. The number of carboxylic acids is 1. The molecule has 2 heterocycles. The number of Topliss-reactive ketones (excluding diaryl/α,β-unsaturated/α-hetero) is 1. The maximum absolute atomic E-state index is 13.4. The van der Waals surface area contributed by atoms with Gasteiger partial charge in [-0.2, -0.15) is 0 Å². The lowest BCUT2D eigenvalue weighted by atomic mass is 9.91. The van der Waals surface area contributed by atoms with Crippen molar-refractivity contribution in [3.63, 3.8) is 0 Å². The van der Waals surface area contributed by atoms with Crippen LogP contribution in [0.25, 0.3) is 0 Å². The van der Waals surface area contributed by atoms with Crippen LogP contribution < -0.4 is 4.74 Å². The van der Waals surface area contributed by atoms with E-state index in [0.29, 0.717) is 16.9 Å². The second kappa shape index (κ2) is 10.1. The molecule has 37 heavy (non-hydrogen) atoms. The van der Waals surface area contributed by atoms with Crippen LogP contribution in [0.1, 0.15) is 69.3 Å². The summed E-state index contributed by atoms with van der Waals surface area (Å²) in [7, 11) is 1.85. The van der Waals surface area contributed by atoms with Crippen molar-refractivity contribution >= 4 is 11.8 Å². The van der Waals surface area contributed by atoms with Gasteiger partial charge in [-0.3, -0.25) is 9.69 Å². The summed E-state index contributed by atoms with van der Waals surface area (Å²) < 4.78 is 23.0. The number of aryl methyl sites for hydroxylation is 1. The topological polar surface area (TPSA) is 94.5 Å².